The van der Waals surface area contributed by atoms with E-state index < -0.39 is 0 Å². The van der Waals surface area contributed by atoms with Gasteiger partial charge in [-0.2, -0.15) is 0 Å². The lowest BCUT2D eigenvalue weighted by atomic mass is 10.1. The monoisotopic (exact) mass is 302 g/mol. The largest absolute Gasteiger partial charge is 0.335 e. The summed E-state index contributed by atoms with van der Waals surface area (Å²) in [4.78, 5) is 25.4. The molecule has 1 aliphatic carbocycles. The number of rotatable bonds is 3. The average molecular weight is 303 g/mol. The molecule has 2 aliphatic heterocycles. The lowest BCUT2D eigenvalue weighted by molar-refractivity contribution is -0.121. The Hall–Kier alpha value is -0.850. The summed E-state index contributed by atoms with van der Waals surface area (Å²) in [5.41, 5.74) is 0. The van der Waals surface area contributed by atoms with E-state index in [1.165, 1.54) is 12.8 Å². The Balaban J connectivity index is 0.00000147. The summed E-state index contributed by atoms with van der Waals surface area (Å²) >= 11 is 0. The molecule has 1 saturated carbocycles. The molecule has 2 unspecified atom stereocenters. The van der Waals surface area contributed by atoms with Crippen LogP contribution in [0.4, 0.5) is 4.79 Å². The number of amides is 3. The van der Waals surface area contributed by atoms with E-state index in [2.05, 4.69) is 20.9 Å². The first kappa shape index (κ1) is 15.5. The Morgan fingerprint density at radius 2 is 1.85 bits per heavy atom. The highest BCUT2D eigenvalue weighted by Gasteiger charge is 2.30. The summed E-state index contributed by atoms with van der Waals surface area (Å²) in [7, 11) is 0. The predicted octanol–water partition coefficient (Wildman–Crippen LogP) is 0.223. The number of carbonyl (C=O) groups excluding carboxylic acids is 2. The average Bonchev–Trinajstić information content (AvgIpc) is 3.05. The van der Waals surface area contributed by atoms with E-state index in [4.69, 9.17) is 0 Å². The molecule has 2 heterocycles. The second kappa shape index (κ2) is 6.74. The molecule has 0 aromatic rings. The summed E-state index contributed by atoms with van der Waals surface area (Å²) in [6.07, 6.45) is 5.61. The lowest BCUT2D eigenvalue weighted by Gasteiger charge is -2.23. The maximum absolute atomic E-state index is 11.8. The third-order valence-electron chi connectivity index (χ3n) is 4.14. The second-order valence-corrected chi connectivity index (χ2v) is 5.96. The van der Waals surface area contributed by atoms with Gasteiger partial charge in [0.05, 0.1) is 6.54 Å². The number of likely N-dealkylation sites (tertiary alicyclic amines) is 1. The molecule has 0 spiro atoms. The van der Waals surface area contributed by atoms with Crippen LogP contribution in [-0.2, 0) is 4.79 Å². The zero-order chi connectivity index (χ0) is 13.2. The van der Waals surface area contributed by atoms with Crippen LogP contribution in [-0.4, -0.2) is 54.6 Å². The maximum atomic E-state index is 11.8. The molecule has 3 aliphatic rings. The molecular weight excluding hydrogens is 280 g/mol. The van der Waals surface area contributed by atoms with Gasteiger partial charge in [0, 0.05) is 31.2 Å². The van der Waals surface area contributed by atoms with Crippen molar-refractivity contribution in [3.8, 4) is 0 Å². The SMILES string of the molecule is Cl.O=C(CN1CCC2CCC(C1)N2)NC(=O)NC1CC1. The number of carbonyl (C=O) groups is 2. The molecule has 2 saturated heterocycles. The van der Waals surface area contributed by atoms with Gasteiger partial charge in [0.1, 0.15) is 0 Å². The van der Waals surface area contributed by atoms with Crippen molar-refractivity contribution in [2.75, 3.05) is 19.6 Å². The molecule has 3 amide bonds. The van der Waals surface area contributed by atoms with E-state index in [-0.39, 0.29) is 30.4 Å². The topological polar surface area (TPSA) is 73.5 Å². The zero-order valence-corrected chi connectivity index (χ0v) is 12.4. The first-order valence-corrected chi connectivity index (χ1v) is 7.28. The van der Waals surface area contributed by atoms with Crippen molar-refractivity contribution < 1.29 is 9.59 Å². The number of hydrogen-bond donors (Lipinski definition) is 3. The standard InChI is InChI=1S/C13H22N4O2.ClH/c18-12(16-13(19)15-9-1-2-9)8-17-6-5-10-3-4-11(7-17)14-10;/h9-11,14H,1-8H2,(H2,15,16,18,19);1H. The Bertz CT molecular complexity index is 375. The van der Waals surface area contributed by atoms with Gasteiger partial charge in [0.25, 0.3) is 0 Å². The van der Waals surface area contributed by atoms with Gasteiger partial charge in [-0.05, 0) is 32.1 Å². The molecule has 20 heavy (non-hydrogen) atoms. The van der Waals surface area contributed by atoms with Crippen LogP contribution in [0, 0.1) is 0 Å². The highest BCUT2D eigenvalue weighted by molar-refractivity contribution is 5.95. The van der Waals surface area contributed by atoms with Crippen LogP contribution in [0.15, 0.2) is 0 Å². The number of urea groups is 1. The zero-order valence-electron chi connectivity index (χ0n) is 11.6. The highest BCUT2D eigenvalue weighted by atomic mass is 35.5. The van der Waals surface area contributed by atoms with Crippen molar-refractivity contribution in [1.29, 1.82) is 0 Å². The van der Waals surface area contributed by atoms with Crippen LogP contribution in [0.1, 0.15) is 32.1 Å². The molecular formula is C13H23ClN4O2. The van der Waals surface area contributed by atoms with Gasteiger partial charge in [-0.3, -0.25) is 15.0 Å². The number of hydrogen-bond acceptors (Lipinski definition) is 4. The van der Waals surface area contributed by atoms with Crippen LogP contribution in [0.2, 0.25) is 0 Å². The van der Waals surface area contributed by atoms with Gasteiger partial charge in [0.15, 0.2) is 0 Å². The molecule has 2 bridgehead atoms. The third kappa shape index (κ3) is 4.33. The van der Waals surface area contributed by atoms with Crippen molar-refractivity contribution in [3.63, 3.8) is 0 Å². The van der Waals surface area contributed by atoms with Gasteiger partial charge >= 0.3 is 6.03 Å². The predicted molar refractivity (Wildman–Crippen MR) is 77.9 cm³/mol. The highest BCUT2D eigenvalue weighted by Crippen LogP contribution is 2.20. The minimum Gasteiger partial charge on any atom is -0.335 e. The Labute approximate surface area is 125 Å². The molecule has 3 N–H and O–H groups in total. The summed E-state index contributed by atoms with van der Waals surface area (Å²) in [6.45, 7) is 2.17. The molecule has 114 valence electrons. The molecule has 0 radical (unpaired) electrons. The second-order valence-electron chi connectivity index (χ2n) is 5.96. The van der Waals surface area contributed by atoms with E-state index in [1.54, 1.807) is 0 Å². The fourth-order valence-electron chi connectivity index (χ4n) is 2.98. The van der Waals surface area contributed by atoms with Gasteiger partial charge in [-0.1, -0.05) is 0 Å². The Morgan fingerprint density at radius 1 is 1.10 bits per heavy atom. The third-order valence-corrected chi connectivity index (χ3v) is 4.14. The molecule has 2 atom stereocenters. The Morgan fingerprint density at radius 3 is 2.60 bits per heavy atom. The number of fused-ring (bicyclic) bond motifs is 2. The minimum absolute atomic E-state index is 0. The summed E-state index contributed by atoms with van der Waals surface area (Å²) in [5, 5.41) is 8.75. The summed E-state index contributed by atoms with van der Waals surface area (Å²) < 4.78 is 0. The number of halogens is 1. The quantitative estimate of drug-likeness (QED) is 0.697. The van der Waals surface area contributed by atoms with Crippen molar-refractivity contribution in [1.82, 2.24) is 20.9 Å². The molecule has 6 nitrogen and oxygen atoms in total. The fourth-order valence-corrected chi connectivity index (χ4v) is 2.98. The lowest BCUT2D eigenvalue weighted by Crippen LogP contribution is -2.46. The van der Waals surface area contributed by atoms with Gasteiger partial charge in [-0.15, -0.1) is 12.4 Å². The van der Waals surface area contributed by atoms with Crippen LogP contribution < -0.4 is 16.0 Å². The van der Waals surface area contributed by atoms with Crippen molar-refractivity contribution in [3.05, 3.63) is 0 Å². The number of nitrogens with zero attached hydrogens (tertiary/aromatic N) is 1. The molecule has 7 heteroatoms. The van der Waals surface area contributed by atoms with Crippen LogP contribution >= 0.6 is 12.4 Å². The summed E-state index contributed by atoms with van der Waals surface area (Å²) in [5.74, 6) is -0.198. The van der Waals surface area contributed by atoms with Gasteiger partial charge in [0.2, 0.25) is 5.91 Å². The van der Waals surface area contributed by atoms with Gasteiger partial charge < -0.3 is 10.6 Å². The van der Waals surface area contributed by atoms with Crippen LogP contribution in [0.25, 0.3) is 0 Å². The van der Waals surface area contributed by atoms with Crippen molar-refractivity contribution >= 4 is 24.3 Å². The van der Waals surface area contributed by atoms with E-state index >= 15 is 0 Å². The van der Waals surface area contributed by atoms with Gasteiger partial charge in [-0.25, -0.2) is 4.79 Å². The first-order chi connectivity index (χ1) is 9.19. The molecule has 0 aromatic carbocycles. The normalized spacial score (nSPS) is 29.2. The summed E-state index contributed by atoms with van der Waals surface area (Å²) in [6, 6.07) is 1.07. The fraction of sp³-hybridized carbons (Fsp3) is 0.846. The van der Waals surface area contributed by atoms with E-state index in [0.29, 0.717) is 18.6 Å². The Kier molecular flexibility index (Phi) is 5.23. The smallest absolute Gasteiger partial charge is 0.321 e. The van der Waals surface area contributed by atoms with E-state index in [9.17, 15) is 9.59 Å². The molecule has 3 fully saturated rings. The maximum Gasteiger partial charge on any atom is 0.321 e. The van der Waals surface area contributed by atoms with Crippen LogP contribution in [0.5, 0.6) is 0 Å². The van der Waals surface area contributed by atoms with Crippen molar-refractivity contribution in [2.45, 2.75) is 50.2 Å². The number of nitrogens with one attached hydrogen (secondary N) is 3. The van der Waals surface area contributed by atoms with Crippen LogP contribution in [0.3, 0.4) is 0 Å². The van der Waals surface area contributed by atoms with E-state index in [1.807, 2.05) is 0 Å². The van der Waals surface area contributed by atoms with Crippen molar-refractivity contribution in [2.24, 2.45) is 0 Å². The molecule has 0 aromatic heterocycles. The van der Waals surface area contributed by atoms with E-state index in [0.717, 1.165) is 32.4 Å². The first-order valence-electron chi connectivity index (χ1n) is 7.28. The minimum atomic E-state index is -0.345. The molecule has 3 rings (SSSR count). The number of imide groups is 1.